The molecule has 0 radical (unpaired) electrons. The fourth-order valence-electron chi connectivity index (χ4n) is 3.99. The van der Waals surface area contributed by atoms with E-state index in [1.165, 1.54) is 27.7 Å². The van der Waals surface area contributed by atoms with Crippen LogP contribution in [0.5, 0.6) is 0 Å². The molecule has 10 N–H and O–H groups in total. The highest BCUT2D eigenvalue weighted by Crippen LogP contribution is 2.47. The highest BCUT2D eigenvalue weighted by molar-refractivity contribution is 7.47. The summed E-state index contributed by atoms with van der Waals surface area (Å²) in [4.78, 5) is 73.8. The van der Waals surface area contributed by atoms with Gasteiger partial charge in [-0.1, -0.05) is 0 Å². The van der Waals surface area contributed by atoms with E-state index >= 15 is 0 Å². The first kappa shape index (κ1) is 45.8. The number of ether oxygens (including phenoxy) is 4. The molecule has 23 nitrogen and oxygen atoms in total. The Balaban J connectivity index is 2.57. The molecule has 0 bridgehead atoms. The molecule has 0 spiro atoms. The fraction of sp³-hybridized carbons (Fsp3) is 0.815. The van der Waals surface area contributed by atoms with Crippen molar-refractivity contribution in [2.24, 2.45) is 0 Å². The zero-order valence-electron chi connectivity index (χ0n) is 28.7. The van der Waals surface area contributed by atoms with E-state index in [0.29, 0.717) is 6.42 Å². The first-order valence-electron chi connectivity index (χ1n) is 15.7. The monoisotopic (exact) mass is 763 g/mol. The van der Waals surface area contributed by atoms with Gasteiger partial charge in [-0.3, -0.25) is 28.7 Å². The number of carbonyl (C=O) groups excluding carboxylic acids is 5. The first-order chi connectivity index (χ1) is 23.9. The minimum atomic E-state index is -4.66. The molecule has 1 heterocycles. The number of rotatable bonds is 22. The molecule has 1 rings (SSSR count). The van der Waals surface area contributed by atoms with E-state index < -0.39 is 113 Å². The van der Waals surface area contributed by atoms with Crippen molar-refractivity contribution in [3.63, 3.8) is 0 Å². The fourth-order valence-corrected chi connectivity index (χ4v) is 5.08. The third kappa shape index (κ3) is 20.4. The Kier molecular flexibility index (Phi) is 21.0. The SMILES string of the molecule is CC(=O)N[C@H]1[C@H](OCCCNC(=O)CNC(=O)O[C@@H](COC(=O)NCC(=O)NCCCOO)COP(=O)(O)OC(C)(C)C)O[C@H](CO)[C@H](O)[C@@H]1O. The van der Waals surface area contributed by atoms with Crippen molar-refractivity contribution >= 4 is 37.7 Å². The van der Waals surface area contributed by atoms with Crippen LogP contribution in [0.1, 0.15) is 40.5 Å². The van der Waals surface area contributed by atoms with Crippen molar-refractivity contribution in [2.45, 2.75) is 82.9 Å². The Morgan fingerprint density at radius 2 is 1.47 bits per heavy atom. The molecule has 1 aliphatic rings. The van der Waals surface area contributed by atoms with Gasteiger partial charge in [0, 0.05) is 20.0 Å². The lowest BCUT2D eigenvalue weighted by molar-refractivity contribution is -0.270. The van der Waals surface area contributed by atoms with Gasteiger partial charge in [-0.2, -0.15) is 0 Å². The van der Waals surface area contributed by atoms with Gasteiger partial charge in [0.25, 0.3) is 0 Å². The minimum Gasteiger partial charge on any atom is -0.446 e. The average molecular weight is 764 g/mol. The standard InChI is InChI=1S/C27H50N5O18P/c1-16(34)32-21-23(38)22(37)18(13-33)49-24(21)44-9-5-7-28-20(36)12-31-26(40)48-17(15-47-51(42,43)50-27(2,3)4)14-45-25(39)30-11-19(35)29-8-6-10-46-41/h17-18,21-24,33,37-38,41H,5-15H2,1-4H3,(H,28,36)(H,29,35)(H,30,39)(H,31,40)(H,32,34)(H,42,43)/t17-,18+,21+,22-,23+,24+/m0/s1. The van der Waals surface area contributed by atoms with E-state index in [-0.39, 0.29) is 32.7 Å². The van der Waals surface area contributed by atoms with Crippen LogP contribution in [0.2, 0.25) is 0 Å². The number of amides is 5. The largest absolute Gasteiger partial charge is 0.472 e. The van der Waals surface area contributed by atoms with Gasteiger partial charge < -0.3 is 65.7 Å². The van der Waals surface area contributed by atoms with Gasteiger partial charge in [-0.05, 0) is 33.6 Å². The maximum Gasteiger partial charge on any atom is 0.472 e. The Labute approximate surface area is 293 Å². The Bertz CT molecular complexity index is 1160. The molecule has 1 saturated heterocycles. The summed E-state index contributed by atoms with van der Waals surface area (Å²) in [5, 5.41) is 49.7. The molecule has 5 amide bonds. The Morgan fingerprint density at radius 3 is 2.02 bits per heavy atom. The summed E-state index contributed by atoms with van der Waals surface area (Å²) >= 11 is 0. The summed E-state index contributed by atoms with van der Waals surface area (Å²) in [5.41, 5.74) is -1.09. The smallest absolute Gasteiger partial charge is 0.446 e. The van der Waals surface area contributed by atoms with Crippen molar-refractivity contribution in [2.75, 3.05) is 59.2 Å². The van der Waals surface area contributed by atoms with Gasteiger partial charge in [0.1, 0.15) is 31.0 Å². The predicted molar refractivity (Wildman–Crippen MR) is 169 cm³/mol. The lowest BCUT2D eigenvalue weighted by atomic mass is 9.97. The summed E-state index contributed by atoms with van der Waals surface area (Å²) in [6.45, 7) is 2.60. The van der Waals surface area contributed by atoms with E-state index in [1.54, 1.807) is 0 Å². The Morgan fingerprint density at radius 1 is 0.882 bits per heavy atom. The highest BCUT2D eigenvalue weighted by atomic mass is 31.2. The van der Waals surface area contributed by atoms with Crippen LogP contribution in [0.25, 0.3) is 0 Å². The van der Waals surface area contributed by atoms with Gasteiger partial charge >= 0.3 is 20.0 Å². The van der Waals surface area contributed by atoms with Gasteiger partial charge in [0.15, 0.2) is 12.4 Å². The van der Waals surface area contributed by atoms with Crippen LogP contribution in [0.3, 0.4) is 0 Å². The van der Waals surface area contributed by atoms with Gasteiger partial charge in [0.05, 0.1) is 45.1 Å². The molecule has 0 saturated carbocycles. The van der Waals surface area contributed by atoms with Crippen molar-refractivity contribution in [1.82, 2.24) is 26.6 Å². The van der Waals surface area contributed by atoms with E-state index in [2.05, 4.69) is 31.5 Å². The molecule has 1 unspecified atom stereocenters. The molecule has 296 valence electrons. The molecule has 1 aliphatic heterocycles. The second kappa shape index (κ2) is 23.4. The maximum absolute atomic E-state index is 12.4. The predicted octanol–water partition coefficient (Wildman–Crippen LogP) is -2.80. The average Bonchev–Trinajstić information content (AvgIpc) is 3.04. The molecule has 0 aromatic heterocycles. The molecular formula is C27H50N5O18P. The van der Waals surface area contributed by atoms with Crippen LogP contribution in [0.4, 0.5) is 9.59 Å². The summed E-state index contributed by atoms with van der Waals surface area (Å²) in [6, 6.07) is -1.13. The quantitative estimate of drug-likeness (QED) is 0.0230. The topological polar surface area (TPSA) is 328 Å². The number of hydrogen-bond donors (Lipinski definition) is 10. The molecule has 1 fully saturated rings. The number of carbonyl (C=O) groups is 5. The summed E-state index contributed by atoms with van der Waals surface area (Å²) in [6.07, 6.45) is -8.63. The molecular weight excluding hydrogens is 713 g/mol. The highest BCUT2D eigenvalue weighted by Gasteiger charge is 2.45. The lowest BCUT2D eigenvalue weighted by Crippen LogP contribution is -2.64. The van der Waals surface area contributed by atoms with Crippen molar-refractivity contribution in [1.29, 1.82) is 0 Å². The summed E-state index contributed by atoms with van der Waals surface area (Å²) < 4.78 is 43.1. The van der Waals surface area contributed by atoms with Crippen LogP contribution in [-0.4, -0.2) is 157 Å². The number of aliphatic hydroxyl groups excluding tert-OH is 3. The number of nitrogens with one attached hydrogen (secondary N) is 5. The number of phosphoric ester groups is 1. The van der Waals surface area contributed by atoms with Crippen molar-refractivity contribution < 1.29 is 86.9 Å². The molecule has 7 atom stereocenters. The number of hydrogen-bond acceptors (Lipinski definition) is 17. The van der Waals surface area contributed by atoms with Crippen LogP contribution in [0, 0.1) is 0 Å². The summed E-state index contributed by atoms with van der Waals surface area (Å²) in [5.74, 6) is -1.78. The number of aliphatic hydroxyl groups is 3. The van der Waals surface area contributed by atoms with E-state index in [4.69, 9.17) is 33.3 Å². The molecule has 0 aliphatic carbocycles. The van der Waals surface area contributed by atoms with Gasteiger partial charge in [-0.25, -0.2) is 19.0 Å². The third-order valence-corrected chi connectivity index (χ3v) is 7.44. The summed E-state index contributed by atoms with van der Waals surface area (Å²) in [7, 11) is -4.66. The zero-order chi connectivity index (χ0) is 38.6. The van der Waals surface area contributed by atoms with Crippen LogP contribution in [-0.2, 0) is 51.8 Å². The molecule has 0 aromatic carbocycles. The molecule has 51 heavy (non-hydrogen) atoms. The van der Waals surface area contributed by atoms with Gasteiger partial charge in [-0.15, -0.1) is 0 Å². The van der Waals surface area contributed by atoms with Crippen molar-refractivity contribution in [3.05, 3.63) is 0 Å². The second-order valence-electron chi connectivity index (χ2n) is 11.8. The Hall–Kier alpha value is -3.22. The normalized spacial score (nSPS) is 22.1. The number of alkyl carbamates (subject to hydrolysis) is 2. The van der Waals surface area contributed by atoms with Crippen LogP contribution >= 0.6 is 7.82 Å². The van der Waals surface area contributed by atoms with E-state index in [0.717, 1.165) is 0 Å². The number of phosphoric acid groups is 1. The minimum absolute atomic E-state index is 0.0114. The first-order valence-corrected chi connectivity index (χ1v) is 17.2. The van der Waals surface area contributed by atoms with Gasteiger partial charge in [0.2, 0.25) is 17.7 Å². The lowest BCUT2D eigenvalue weighted by Gasteiger charge is -2.42. The molecule has 24 heteroatoms. The third-order valence-electron chi connectivity index (χ3n) is 6.18. The van der Waals surface area contributed by atoms with Crippen LogP contribution < -0.4 is 26.6 Å². The van der Waals surface area contributed by atoms with E-state index in [9.17, 15) is 48.8 Å². The van der Waals surface area contributed by atoms with Crippen LogP contribution in [0.15, 0.2) is 0 Å². The molecule has 0 aromatic rings. The van der Waals surface area contributed by atoms with E-state index in [1.807, 2.05) is 0 Å². The maximum atomic E-state index is 12.4. The second-order valence-corrected chi connectivity index (χ2v) is 13.2. The van der Waals surface area contributed by atoms with Crippen molar-refractivity contribution in [3.8, 4) is 0 Å². The zero-order valence-corrected chi connectivity index (χ0v) is 29.6.